The molecule has 0 aromatic heterocycles. The second-order valence-corrected chi connectivity index (χ2v) is 5.70. The van der Waals surface area contributed by atoms with Crippen molar-refractivity contribution in [2.45, 2.75) is 26.8 Å². The molecule has 112 valence electrons. The number of carbonyl (C=O) groups excluding carboxylic acids is 1. The lowest BCUT2D eigenvalue weighted by Crippen LogP contribution is -2.45. The van der Waals surface area contributed by atoms with Crippen molar-refractivity contribution in [3.05, 3.63) is 24.3 Å². The third-order valence-corrected chi connectivity index (χ3v) is 2.87. The smallest absolute Gasteiger partial charge is 0.241 e. The number of methoxy groups -OCH3 is 1. The molecule has 3 N–H and O–H groups in total. The van der Waals surface area contributed by atoms with Crippen LogP contribution in [0.4, 0.5) is 5.69 Å². The average molecular weight is 280 g/mol. The van der Waals surface area contributed by atoms with Crippen molar-refractivity contribution in [3.63, 3.8) is 0 Å². The Morgan fingerprint density at radius 2 is 2.05 bits per heavy atom. The first-order valence-corrected chi connectivity index (χ1v) is 6.63. The third kappa shape index (κ3) is 5.19. The predicted octanol–water partition coefficient (Wildman–Crippen LogP) is 2.02. The molecular weight excluding hydrogens is 256 g/mol. The summed E-state index contributed by atoms with van der Waals surface area (Å²) in [6.45, 7) is 6.78. The van der Waals surface area contributed by atoms with Gasteiger partial charge < -0.3 is 20.5 Å². The quantitative estimate of drug-likeness (QED) is 0.782. The first-order chi connectivity index (χ1) is 9.34. The summed E-state index contributed by atoms with van der Waals surface area (Å²) < 4.78 is 10.4. The molecule has 1 rings (SSSR count). The van der Waals surface area contributed by atoms with Crippen LogP contribution in [0.5, 0.6) is 5.75 Å². The highest BCUT2D eigenvalue weighted by Gasteiger charge is 2.27. The number of nitrogens with two attached hydrogens (primary N) is 1. The summed E-state index contributed by atoms with van der Waals surface area (Å²) in [6.07, 6.45) is 0. The number of anilines is 1. The van der Waals surface area contributed by atoms with E-state index in [1.54, 1.807) is 19.2 Å². The topological polar surface area (TPSA) is 73.6 Å². The molecule has 0 heterocycles. The molecule has 5 heteroatoms. The summed E-state index contributed by atoms with van der Waals surface area (Å²) in [7, 11) is 1.62. The molecular formula is C15H24N2O3. The fourth-order valence-corrected chi connectivity index (χ4v) is 1.52. The molecule has 0 spiro atoms. The Hall–Kier alpha value is -1.59. The summed E-state index contributed by atoms with van der Waals surface area (Å²) in [6, 6.07) is 6.65. The van der Waals surface area contributed by atoms with Crippen molar-refractivity contribution >= 4 is 11.6 Å². The van der Waals surface area contributed by atoms with Crippen molar-refractivity contribution in [2.75, 3.05) is 25.6 Å². The molecule has 0 bridgehead atoms. The Morgan fingerprint density at radius 3 is 2.65 bits per heavy atom. The fraction of sp³-hybridized carbons (Fsp3) is 0.533. The van der Waals surface area contributed by atoms with Gasteiger partial charge in [0.25, 0.3) is 0 Å². The van der Waals surface area contributed by atoms with Gasteiger partial charge in [0.2, 0.25) is 5.91 Å². The Balaban J connectivity index is 2.64. The van der Waals surface area contributed by atoms with Crippen LogP contribution in [-0.4, -0.2) is 32.3 Å². The van der Waals surface area contributed by atoms with Crippen molar-refractivity contribution in [1.82, 2.24) is 0 Å². The number of nitrogens with one attached hydrogen (secondary N) is 1. The minimum atomic E-state index is -0.569. The summed E-state index contributed by atoms with van der Waals surface area (Å²) in [5, 5.41) is 2.80. The monoisotopic (exact) mass is 280 g/mol. The van der Waals surface area contributed by atoms with E-state index in [4.69, 9.17) is 15.2 Å². The molecule has 0 aliphatic rings. The van der Waals surface area contributed by atoms with Crippen LogP contribution in [0.2, 0.25) is 0 Å². The summed E-state index contributed by atoms with van der Waals surface area (Å²) in [4.78, 5) is 12.0. The molecule has 20 heavy (non-hydrogen) atoms. The highest BCUT2D eigenvalue weighted by Crippen LogP contribution is 2.21. The van der Waals surface area contributed by atoms with Crippen molar-refractivity contribution in [2.24, 2.45) is 11.1 Å². The van der Waals surface area contributed by atoms with E-state index >= 15 is 0 Å². The van der Waals surface area contributed by atoms with Gasteiger partial charge >= 0.3 is 0 Å². The van der Waals surface area contributed by atoms with E-state index in [0.29, 0.717) is 24.7 Å². The number of amides is 1. The van der Waals surface area contributed by atoms with Crippen LogP contribution in [0.1, 0.15) is 20.8 Å². The van der Waals surface area contributed by atoms with Crippen LogP contribution < -0.4 is 15.8 Å². The van der Waals surface area contributed by atoms with Gasteiger partial charge in [-0.15, -0.1) is 0 Å². The van der Waals surface area contributed by atoms with E-state index in [9.17, 15) is 4.79 Å². The van der Waals surface area contributed by atoms with Gasteiger partial charge in [-0.2, -0.15) is 0 Å². The van der Waals surface area contributed by atoms with E-state index in [1.165, 1.54) is 0 Å². The van der Waals surface area contributed by atoms with E-state index < -0.39 is 6.04 Å². The van der Waals surface area contributed by atoms with Gasteiger partial charge in [0.15, 0.2) is 0 Å². The maximum absolute atomic E-state index is 12.0. The molecule has 1 unspecified atom stereocenters. The Morgan fingerprint density at radius 1 is 1.35 bits per heavy atom. The summed E-state index contributed by atoms with van der Waals surface area (Å²) >= 11 is 0. The minimum Gasteiger partial charge on any atom is -0.491 e. The van der Waals surface area contributed by atoms with Crippen LogP contribution >= 0.6 is 0 Å². The minimum absolute atomic E-state index is 0.202. The molecule has 5 nitrogen and oxygen atoms in total. The molecule has 0 saturated carbocycles. The van der Waals surface area contributed by atoms with E-state index in [-0.39, 0.29) is 11.3 Å². The van der Waals surface area contributed by atoms with Gasteiger partial charge in [-0.1, -0.05) is 26.8 Å². The number of carbonyl (C=O) groups is 1. The molecule has 0 saturated heterocycles. The maximum atomic E-state index is 12.0. The third-order valence-electron chi connectivity index (χ3n) is 2.87. The molecule has 1 aromatic carbocycles. The number of hydrogen-bond acceptors (Lipinski definition) is 4. The first-order valence-electron chi connectivity index (χ1n) is 6.63. The Bertz CT molecular complexity index is 441. The van der Waals surface area contributed by atoms with Gasteiger partial charge in [-0.05, 0) is 17.5 Å². The van der Waals surface area contributed by atoms with Crippen molar-refractivity contribution < 1.29 is 14.3 Å². The highest BCUT2D eigenvalue weighted by atomic mass is 16.5. The first kappa shape index (κ1) is 16.5. The molecule has 0 aliphatic carbocycles. The molecule has 0 radical (unpaired) electrons. The van der Waals surface area contributed by atoms with E-state index in [2.05, 4.69) is 5.32 Å². The predicted molar refractivity (Wildman–Crippen MR) is 79.9 cm³/mol. The van der Waals surface area contributed by atoms with Gasteiger partial charge in [-0.3, -0.25) is 4.79 Å². The molecule has 0 aliphatic heterocycles. The SMILES string of the molecule is COCCOc1cccc(NC(=O)C(N)C(C)(C)C)c1. The van der Waals surface area contributed by atoms with Crippen molar-refractivity contribution in [1.29, 1.82) is 0 Å². The number of hydrogen-bond donors (Lipinski definition) is 2. The molecule has 1 aromatic rings. The standard InChI is InChI=1S/C15H24N2O3/c1-15(2,3)13(16)14(18)17-11-6-5-7-12(10-11)20-9-8-19-4/h5-7,10,13H,8-9,16H2,1-4H3,(H,17,18). The van der Waals surface area contributed by atoms with Crippen LogP contribution in [-0.2, 0) is 9.53 Å². The highest BCUT2D eigenvalue weighted by molar-refractivity contribution is 5.95. The Kier molecular flexibility index (Phi) is 5.98. The van der Waals surface area contributed by atoms with Gasteiger partial charge in [0.05, 0.1) is 12.6 Å². The van der Waals surface area contributed by atoms with Crippen LogP contribution in [0, 0.1) is 5.41 Å². The number of benzene rings is 1. The van der Waals surface area contributed by atoms with Crippen LogP contribution in [0.25, 0.3) is 0 Å². The zero-order valence-corrected chi connectivity index (χ0v) is 12.6. The zero-order chi connectivity index (χ0) is 15.2. The normalized spacial score (nSPS) is 12.8. The van der Waals surface area contributed by atoms with E-state index in [0.717, 1.165) is 0 Å². The number of ether oxygens (including phenoxy) is 2. The second-order valence-electron chi connectivity index (χ2n) is 5.70. The zero-order valence-electron chi connectivity index (χ0n) is 12.6. The van der Waals surface area contributed by atoms with Crippen LogP contribution in [0.15, 0.2) is 24.3 Å². The second kappa shape index (κ2) is 7.26. The van der Waals surface area contributed by atoms with Gasteiger partial charge in [0.1, 0.15) is 12.4 Å². The Labute approximate surface area is 120 Å². The summed E-state index contributed by atoms with van der Waals surface area (Å²) in [5.74, 6) is 0.482. The van der Waals surface area contributed by atoms with Gasteiger partial charge in [0, 0.05) is 18.9 Å². The summed E-state index contributed by atoms with van der Waals surface area (Å²) in [5.41, 5.74) is 6.31. The van der Waals surface area contributed by atoms with Gasteiger partial charge in [-0.25, -0.2) is 0 Å². The molecule has 1 atom stereocenters. The fourth-order valence-electron chi connectivity index (χ4n) is 1.52. The van der Waals surface area contributed by atoms with Crippen molar-refractivity contribution in [3.8, 4) is 5.75 Å². The number of rotatable bonds is 6. The largest absolute Gasteiger partial charge is 0.491 e. The maximum Gasteiger partial charge on any atom is 0.241 e. The lowest BCUT2D eigenvalue weighted by Gasteiger charge is -2.25. The molecule has 1 amide bonds. The lowest BCUT2D eigenvalue weighted by molar-refractivity contribution is -0.119. The van der Waals surface area contributed by atoms with Crippen LogP contribution in [0.3, 0.4) is 0 Å². The molecule has 0 fully saturated rings. The average Bonchev–Trinajstić information content (AvgIpc) is 2.37. The van der Waals surface area contributed by atoms with E-state index in [1.807, 2.05) is 32.9 Å². The lowest BCUT2D eigenvalue weighted by atomic mass is 9.87.